The van der Waals surface area contributed by atoms with Gasteiger partial charge in [0.2, 0.25) is 5.91 Å². The lowest BCUT2D eigenvalue weighted by molar-refractivity contribution is -0.139. The summed E-state index contributed by atoms with van der Waals surface area (Å²) in [6, 6.07) is 6.45. The predicted octanol–water partition coefficient (Wildman–Crippen LogP) is 3.62. The molecule has 2 atom stereocenters. The van der Waals surface area contributed by atoms with Gasteiger partial charge in [-0.25, -0.2) is 4.98 Å². The van der Waals surface area contributed by atoms with Crippen LogP contribution >= 0.6 is 35.3 Å². The summed E-state index contributed by atoms with van der Waals surface area (Å²) < 4.78 is 0. The molecular formula is C27H32Cl2N6O3S. The zero-order valence-electron chi connectivity index (χ0n) is 21.7. The molecule has 12 heteroatoms. The monoisotopic (exact) mass is 590 g/mol. The fraction of sp³-hybridized carbons (Fsp3) is 0.481. The van der Waals surface area contributed by atoms with Crippen LogP contribution < -0.4 is 10.6 Å². The molecule has 0 spiro atoms. The molecule has 208 valence electrons. The van der Waals surface area contributed by atoms with Crippen molar-refractivity contribution in [3.05, 3.63) is 50.6 Å². The van der Waals surface area contributed by atoms with Gasteiger partial charge in [0.1, 0.15) is 5.69 Å². The summed E-state index contributed by atoms with van der Waals surface area (Å²) in [6.45, 7) is 2.63. The average Bonchev–Trinajstić information content (AvgIpc) is 3.47. The number of likely N-dealkylation sites (N-methyl/N-ethyl adjacent to an activating group) is 1. The van der Waals surface area contributed by atoms with E-state index in [-0.39, 0.29) is 42.1 Å². The molecule has 3 aliphatic rings. The fourth-order valence-electron chi connectivity index (χ4n) is 5.51. The first-order valence-corrected chi connectivity index (χ1v) is 14.4. The topological polar surface area (TPSA) is 110 Å². The van der Waals surface area contributed by atoms with Crippen molar-refractivity contribution in [1.29, 1.82) is 0 Å². The minimum absolute atomic E-state index is 0. The Morgan fingerprint density at radius 2 is 1.87 bits per heavy atom. The van der Waals surface area contributed by atoms with E-state index in [1.54, 1.807) is 12.1 Å². The van der Waals surface area contributed by atoms with Gasteiger partial charge in [-0.15, -0.1) is 23.7 Å². The van der Waals surface area contributed by atoms with Crippen molar-refractivity contribution < 1.29 is 14.4 Å². The third kappa shape index (κ3) is 5.79. The highest BCUT2D eigenvalue weighted by Gasteiger charge is 2.38. The van der Waals surface area contributed by atoms with Crippen LogP contribution in [0.1, 0.15) is 56.5 Å². The first-order valence-electron chi connectivity index (χ1n) is 13.2. The number of nitrogens with zero attached hydrogens (tertiary/aromatic N) is 3. The van der Waals surface area contributed by atoms with Gasteiger partial charge in [0.05, 0.1) is 17.8 Å². The highest BCUT2D eigenvalue weighted by atomic mass is 35.5. The normalized spacial score (nSPS) is 21.5. The smallest absolute Gasteiger partial charge is 0.280 e. The van der Waals surface area contributed by atoms with E-state index in [0.29, 0.717) is 35.2 Å². The summed E-state index contributed by atoms with van der Waals surface area (Å²) in [4.78, 5) is 52.5. The molecule has 4 heterocycles. The maximum absolute atomic E-state index is 13.3. The quantitative estimate of drug-likeness (QED) is 0.420. The Balaban J connectivity index is 0.00000308. The van der Waals surface area contributed by atoms with Crippen LogP contribution in [0.5, 0.6) is 0 Å². The Morgan fingerprint density at radius 3 is 2.64 bits per heavy atom. The van der Waals surface area contributed by atoms with E-state index < -0.39 is 6.04 Å². The second kappa shape index (κ2) is 11.4. The Hall–Kier alpha value is -2.66. The van der Waals surface area contributed by atoms with Crippen LogP contribution in [-0.4, -0.2) is 76.3 Å². The van der Waals surface area contributed by atoms with Gasteiger partial charge in [-0.05, 0) is 50.6 Å². The predicted molar refractivity (Wildman–Crippen MR) is 154 cm³/mol. The first kappa shape index (κ1) is 27.9. The standard InChI is InChI=1S/C27H31ClN6O3S.ClH/c1-33-9-7-20-23(14-33)38-26(32-20)25(36)31-22-13-34(27(37)15-3-2-4-15)10-8-19(22)30-24(35)21-12-16-11-17(28)5-6-18(16)29-21;/h5-6,11-12,15,19,22,29H,2-4,7-10,13-14H2,1H3,(H,30,35)(H,31,36);1H. The van der Waals surface area contributed by atoms with Crippen LogP contribution in [0.3, 0.4) is 0 Å². The Labute approximate surface area is 242 Å². The molecule has 9 nitrogen and oxygen atoms in total. The van der Waals surface area contributed by atoms with Crippen LogP contribution in [0.15, 0.2) is 24.3 Å². The van der Waals surface area contributed by atoms with Crippen LogP contribution in [0.4, 0.5) is 0 Å². The third-order valence-corrected chi connectivity index (χ3v) is 9.27. The average molecular weight is 592 g/mol. The number of thiazole rings is 1. The summed E-state index contributed by atoms with van der Waals surface area (Å²) >= 11 is 7.53. The lowest BCUT2D eigenvalue weighted by atomic mass is 9.83. The van der Waals surface area contributed by atoms with Gasteiger partial charge in [-0.1, -0.05) is 18.0 Å². The van der Waals surface area contributed by atoms with Gasteiger partial charge in [-0.2, -0.15) is 0 Å². The SMILES string of the molecule is CN1CCc2nc(C(=O)NC3CN(C(=O)C4CCC4)CCC3NC(=O)c3cc4cc(Cl)ccc4[nH]3)sc2C1.Cl. The molecule has 6 rings (SSSR count). The number of rotatable bonds is 5. The van der Waals surface area contributed by atoms with Crippen molar-refractivity contribution in [3.63, 3.8) is 0 Å². The second-order valence-corrected chi connectivity index (χ2v) is 12.2. The number of nitrogens with one attached hydrogen (secondary N) is 3. The van der Waals surface area contributed by atoms with Gasteiger partial charge in [0.25, 0.3) is 11.8 Å². The molecule has 2 unspecified atom stereocenters. The van der Waals surface area contributed by atoms with Crippen LogP contribution in [0.25, 0.3) is 10.9 Å². The molecular weight excluding hydrogens is 559 g/mol. The number of fused-ring (bicyclic) bond motifs is 2. The molecule has 1 aliphatic carbocycles. The lowest BCUT2D eigenvalue weighted by Gasteiger charge is -2.41. The van der Waals surface area contributed by atoms with Crippen LogP contribution in [0.2, 0.25) is 5.02 Å². The Kier molecular flexibility index (Phi) is 8.19. The first-order chi connectivity index (χ1) is 18.3. The van der Waals surface area contributed by atoms with Gasteiger partial charge >= 0.3 is 0 Å². The molecule has 1 aromatic carbocycles. The van der Waals surface area contributed by atoms with E-state index in [2.05, 4.69) is 32.5 Å². The maximum atomic E-state index is 13.3. The zero-order chi connectivity index (χ0) is 26.4. The molecule has 2 fully saturated rings. The Morgan fingerprint density at radius 1 is 1.08 bits per heavy atom. The number of hydrogen-bond acceptors (Lipinski definition) is 6. The number of benzene rings is 1. The minimum atomic E-state index is -0.424. The van der Waals surface area contributed by atoms with Crippen LogP contribution in [0, 0.1) is 5.92 Å². The molecule has 3 aromatic rings. The minimum Gasteiger partial charge on any atom is -0.351 e. The van der Waals surface area contributed by atoms with Gasteiger partial charge < -0.3 is 25.4 Å². The highest BCUT2D eigenvalue weighted by molar-refractivity contribution is 7.13. The maximum Gasteiger partial charge on any atom is 0.280 e. The number of likely N-dealkylation sites (tertiary alicyclic amines) is 1. The fourth-order valence-corrected chi connectivity index (χ4v) is 6.78. The van der Waals surface area contributed by atoms with Crippen molar-refractivity contribution in [1.82, 2.24) is 30.4 Å². The van der Waals surface area contributed by atoms with E-state index in [4.69, 9.17) is 11.6 Å². The van der Waals surface area contributed by atoms with E-state index >= 15 is 0 Å². The number of hydrogen-bond donors (Lipinski definition) is 3. The van der Waals surface area contributed by atoms with E-state index in [9.17, 15) is 14.4 Å². The summed E-state index contributed by atoms with van der Waals surface area (Å²) in [7, 11) is 2.06. The number of carbonyl (C=O) groups is 3. The van der Waals surface area contributed by atoms with E-state index in [1.165, 1.54) is 11.3 Å². The number of piperidine rings is 1. The summed E-state index contributed by atoms with van der Waals surface area (Å²) in [6.07, 6.45) is 4.33. The molecule has 0 bridgehead atoms. The molecule has 3 amide bonds. The second-order valence-electron chi connectivity index (χ2n) is 10.7. The number of carbonyl (C=O) groups excluding carboxylic acids is 3. The third-order valence-electron chi connectivity index (χ3n) is 7.96. The van der Waals surface area contributed by atoms with E-state index in [1.807, 2.05) is 17.0 Å². The molecule has 2 aromatic heterocycles. The Bertz CT molecular complexity index is 1400. The molecule has 3 N–H and O–H groups in total. The molecule has 2 aliphatic heterocycles. The van der Waals surface area contributed by atoms with Gasteiger partial charge in [0.15, 0.2) is 5.01 Å². The summed E-state index contributed by atoms with van der Waals surface area (Å²) in [5.41, 5.74) is 2.24. The number of H-pyrrole nitrogens is 1. The summed E-state index contributed by atoms with van der Waals surface area (Å²) in [5, 5.41) is 8.12. The van der Waals surface area contributed by atoms with Crippen LogP contribution in [-0.2, 0) is 17.8 Å². The zero-order valence-corrected chi connectivity index (χ0v) is 24.1. The molecule has 1 saturated carbocycles. The van der Waals surface area contributed by atoms with Gasteiger partial charge in [0, 0.05) is 59.3 Å². The number of halogens is 2. The molecule has 39 heavy (non-hydrogen) atoms. The number of amides is 3. The van der Waals surface area contributed by atoms with Crippen molar-refractivity contribution >= 4 is 64.0 Å². The van der Waals surface area contributed by atoms with Crippen molar-refractivity contribution in [2.75, 3.05) is 26.7 Å². The number of aromatic amines is 1. The number of aromatic nitrogens is 2. The lowest BCUT2D eigenvalue weighted by Crippen LogP contribution is -2.62. The van der Waals surface area contributed by atoms with Gasteiger partial charge in [-0.3, -0.25) is 14.4 Å². The van der Waals surface area contributed by atoms with E-state index in [0.717, 1.165) is 60.2 Å². The summed E-state index contributed by atoms with van der Waals surface area (Å²) in [5.74, 6) is -0.276. The van der Waals surface area contributed by atoms with Crippen molar-refractivity contribution in [2.24, 2.45) is 5.92 Å². The highest BCUT2D eigenvalue weighted by Crippen LogP contribution is 2.30. The van der Waals surface area contributed by atoms with Crippen molar-refractivity contribution in [2.45, 2.75) is 50.7 Å². The largest absolute Gasteiger partial charge is 0.351 e. The van der Waals surface area contributed by atoms with Crippen molar-refractivity contribution in [3.8, 4) is 0 Å². The molecule has 0 radical (unpaired) electrons. The molecule has 1 saturated heterocycles.